The second kappa shape index (κ2) is 6.22. The summed E-state index contributed by atoms with van der Waals surface area (Å²) in [5, 5.41) is 1.07. The molecular formula is C16H20N2S. The van der Waals surface area contributed by atoms with E-state index in [1.165, 1.54) is 21.6 Å². The highest BCUT2D eigenvalue weighted by Gasteiger charge is 2.07. The minimum Gasteiger partial charge on any atom is -0.328 e. The summed E-state index contributed by atoms with van der Waals surface area (Å²) < 4.78 is 0. The normalized spacial score (nSPS) is 12.4. The predicted octanol–water partition coefficient (Wildman–Crippen LogP) is 3.74. The van der Waals surface area contributed by atoms with Crippen molar-refractivity contribution in [2.24, 2.45) is 5.73 Å². The number of rotatable bonds is 4. The maximum atomic E-state index is 5.82. The largest absolute Gasteiger partial charge is 0.328 e. The highest BCUT2D eigenvalue weighted by atomic mass is 32.2. The molecule has 0 radical (unpaired) electrons. The molecule has 2 nitrogen and oxygen atoms in total. The zero-order chi connectivity index (χ0) is 13.8. The number of hydrogen-bond donors (Lipinski definition) is 1. The van der Waals surface area contributed by atoms with E-state index in [0.717, 1.165) is 11.4 Å². The monoisotopic (exact) mass is 272 g/mol. The molecule has 0 bridgehead atoms. The second-order valence-electron chi connectivity index (χ2n) is 5.01. The highest BCUT2D eigenvalue weighted by molar-refractivity contribution is 7.99. The Morgan fingerprint density at radius 2 is 1.95 bits per heavy atom. The van der Waals surface area contributed by atoms with Gasteiger partial charge in [0, 0.05) is 17.1 Å². The molecule has 2 N–H and O–H groups in total. The Bertz CT molecular complexity index is 564. The molecule has 1 atom stereocenters. The molecule has 0 aliphatic rings. The van der Waals surface area contributed by atoms with E-state index in [0.29, 0.717) is 0 Å². The summed E-state index contributed by atoms with van der Waals surface area (Å²) in [6.07, 6.45) is 2.82. The van der Waals surface area contributed by atoms with Crippen molar-refractivity contribution in [3.8, 4) is 0 Å². The summed E-state index contributed by atoms with van der Waals surface area (Å²) in [7, 11) is 0. The summed E-state index contributed by atoms with van der Waals surface area (Å²) in [6, 6.07) is 10.8. The Morgan fingerprint density at radius 1 is 1.21 bits per heavy atom. The molecule has 1 unspecified atom stereocenters. The van der Waals surface area contributed by atoms with E-state index in [1.807, 2.05) is 13.1 Å². The first-order valence-corrected chi connectivity index (χ1v) is 7.32. The maximum Gasteiger partial charge on any atom is 0.104 e. The summed E-state index contributed by atoms with van der Waals surface area (Å²) in [5.41, 5.74) is 9.53. The standard InChI is InChI=1S/C16H20N2S/c1-11-6-4-5-7-15(11)19-16-12(2)8-14(10-18-16)9-13(3)17/h4-8,10,13H,9,17H2,1-3H3. The Kier molecular flexibility index (Phi) is 4.61. The number of aromatic nitrogens is 1. The quantitative estimate of drug-likeness (QED) is 0.921. The van der Waals surface area contributed by atoms with Crippen LogP contribution in [0, 0.1) is 13.8 Å². The van der Waals surface area contributed by atoms with E-state index in [4.69, 9.17) is 5.73 Å². The van der Waals surface area contributed by atoms with Crippen molar-refractivity contribution in [1.29, 1.82) is 0 Å². The minimum atomic E-state index is 0.177. The molecule has 0 aliphatic heterocycles. The lowest BCUT2D eigenvalue weighted by atomic mass is 10.1. The van der Waals surface area contributed by atoms with Crippen molar-refractivity contribution >= 4 is 11.8 Å². The average molecular weight is 272 g/mol. The SMILES string of the molecule is Cc1ccccc1Sc1ncc(CC(C)N)cc1C. The van der Waals surface area contributed by atoms with Crippen LogP contribution in [0.1, 0.15) is 23.6 Å². The van der Waals surface area contributed by atoms with Gasteiger partial charge >= 0.3 is 0 Å². The molecule has 0 saturated carbocycles. The molecule has 0 spiro atoms. The summed E-state index contributed by atoms with van der Waals surface area (Å²) in [6.45, 7) is 6.26. The summed E-state index contributed by atoms with van der Waals surface area (Å²) in [5.74, 6) is 0. The predicted molar refractivity (Wildman–Crippen MR) is 81.6 cm³/mol. The van der Waals surface area contributed by atoms with Gasteiger partial charge in [0.1, 0.15) is 5.03 Å². The van der Waals surface area contributed by atoms with Crippen molar-refractivity contribution in [3.63, 3.8) is 0 Å². The second-order valence-corrected chi connectivity index (χ2v) is 6.05. The fourth-order valence-corrected chi connectivity index (χ4v) is 2.90. The zero-order valence-corrected chi connectivity index (χ0v) is 12.5. The van der Waals surface area contributed by atoms with Crippen LogP contribution in [0.2, 0.25) is 0 Å². The minimum absolute atomic E-state index is 0.177. The van der Waals surface area contributed by atoms with Crippen LogP contribution < -0.4 is 5.73 Å². The Morgan fingerprint density at radius 3 is 2.58 bits per heavy atom. The number of benzene rings is 1. The maximum absolute atomic E-state index is 5.82. The average Bonchev–Trinajstić information content (AvgIpc) is 2.34. The number of pyridine rings is 1. The van der Waals surface area contributed by atoms with E-state index in [1.54, 1.807) is 11.8 Å². The fourth-order valence-electron chi connectivity index (χ4n) is 1.99. The van der Waals surface area contributed by atoms with E-state index >= 15 is 0 Å². The van der Waals surface area contributed by atoms with Gasteiger partial charge in [-0.05, 0) is 49.9 Å². The molecule has 19 heavy (non-hydrogen) atoms. The first-order chi connectivity index (χ1) is 9.06. The van der Waals surface area contributed by atoms with Gasteiger partial charge in [0.2, 0.25) is 0 Å². The van der Waals surface area contributed by atoms with Gasteiger partial charge in [-0.25, -0.2) is 4.98 Å². The molecule has 3 heteroatoms. The van der Waals surface area contributed by atoms with Crippen LogP contribution in [0.15, 0.2) is 46.5 Å². The summed E-state index contributed by atoms with van der Waals surface area (Å²) in [4.78, 5) is 5.84. The van der Waals surface area contributed by atoms with Crippen LogP contribution in [0.25, 0.3) is 0 Å². The first-order valence-electron chi connectivity index (χ1n) is 6.51. The van der Waals surface area contributed by atoms with Gasteiger partial charge < -0.3 is 5.73 Å². The third-order valence-corrected chi connectivity index (χ3v) is 4.24. The smallest absolute Gasteiger partial charge is 0.104 e. The topological polar surface area (TPSA) is 38.9 Å². The zero-order valence-electron chi connectivity index (χ0n) is 11.7. The Hall–Kier alpha value is -1.32. The lowest BCUT2D eigenvalue weighted by Crippen LogP contribution is -2.17. The molecule has 0 aliphatic carbocycles. The molecule has 0 amide bonds. The van der Waals surface area contributed by atoms with E-state index in [9.17, 15) is 0 Å². The number of hydrogen-bond acceptors (Lipinski definition) is 3. The molecule has 1 aromatic heterocycles. The molecule has 2 aromatic rings. The molecule has 1 aromatic carbocycles. The van der Waals surface area contributed by atoms with Crippen LogP contribution in [0.3, 0.4) is 0 Å². The van der Waals surface area contributed by atoms with Crippen LogP contribution in [0.4, 0.5) is 0 Å². The van der Waals surface area contributed by atoms with Gasteiger partial charge in [-0.1, -0.05) is 36.0 Å². The van der Waals surface area contributed by atoms with Crippen molar-refractivity contribution in [2.75, 3.05) is 0 Å². The molecule has 0 saturated heterocycles. The van der Waals surface area contributed by atoms with Gasteiger partial charge in [-0.2, -0.15) is 0 Å². The van der Waals surface area contributed by atoms with Crippen molar-refractivity contribution in [2.45, 2.75) is 43.2 Å². The third kappa shape index (κ3) is 3.82. The molecule has 2 rings (SSSR count). The first kappa shape index (κ1) is 14.1. The van der Waals surface area contributed by atoms with Crippen molar-refractivity contribution in [1.82, 2.24) is 4.98 Å². The van der Waals surface area contributed by atoms with Crippen molar-refractivity contribution < 1.29 is 0 Å². The van der Waals surface area contributed by atoms with Crippen LogP contribution >= 0.6 is 11.8 Å². The third-order valence-electron chi connectivity index (χ3n) is 2.94. The van der Waals surface area contributed by atoms with Gasteiger partial charge in [0.05, 0.1) is 0 Å². The number of aryl methyl sites for hydroxylation is 2. The fraction of sp³-hybridized carbons (Fsp3) is 0.312. The lowest BCUT2D eigenvalue weighted by molar-refractivity contribution is 0.733. The van der Waals surface area contributed by atoms with Gasteiger partial charge in [0.25, 0.3) is 0 Å². The van der Waals surface area contributed by atoms with Gasteiger partial charge in [-0.15, -0.1) is 0 Å². The van der Waals surface area contributed by atoms with E-state index < -0.39 is 0 Å². The highest BCUT2D eigenvalue weighted by Crippen LogP contribution is 2.30. The number of nitrogens with zero attached hydrogens (tertiary/aromatic N) is 1. The summed E-state index contributed by atoms with van der Waals surface area (Å²) >= 11 is 1.73. The molecule has 100 valence electrons. The van der Waals surface area contributed by atoms with Gasteiger partial charge in [0.15, 0.2) is 0 Å². The Labute approximate surface area is 119 Å². The molecular weight excluding hydrogens is 252 g/mol. The lowest BCUT2D eigenvalue weighted by Gasteiger charge is -2.10. The molecule has 0 fully saturated rings. The van der Waals surface area contributed by atoms with Crippen molar-refractivity contribution in [3.05, 3.63) is 53.2 Å². The van der Waals surface area contributed by atoms with E-state index in [2.05, 4.69) is 49.2 Å². The Balaban J connectivity index is 2.20. The van der Waals surface area contributed by atoms with Crippen LogP contribution in [0.5, 0.6) is 0 Å². The van der Waals surface area contributed by atoms with E-state index in [-0.39, 0.29) is 6.04 Å². The van der Waals surface area contributed by atoms with Crippen LogP contribution in [-0.2, 0) is 6.42 Å². The van der Waals surface area contributed by atoms with Crippen LogP contribution in [-0.4, -0.2) is 11.0 Å². The number of nitrogens with two attached hydrogens (primary N) is 1. The van der Waals surface area contributed by atoms with Gasteiger partial charge in [-0.3, -0.25) is 0 Å². The molecule has 1 heterocycles.